The number of nitrogens with zero attached hydrogens (tertiary/aromatic N) is 2. The van der Waals surface area contributed by atoms with E-state index in [4.69, 9.17) is 9.84 Å². The van der Waals surface area contributed by atoms with Crippen molar-refractivity contribution in [3.8, 4) is 0 Å². The molecule has 1 saturated heterocycles. The van der Waals surface area contributed by atoms with Crippen LogP contribution in [0.4, 0.5) is 0 Å². The maximum absolute atomic E-state index is 9.69. The molecule has 1 aromatic heterocycles. The highest BCUT2D eigenvalue weighted by atomic mass is 16.6. The Kier molecular flexibility index (Phi) is 2.74. The van der Waals surface area contributed by atoms with Crippen LogP contribution in [0, 0.1) is 6.92 Å². The fourth-order valence-corrected chi connectivity index (χ4v) is 1.71. The maximum Gasteiger partial charge on any atom is 0.164 e. The molecule has 0 aromatic carbocycles. The molecule has 0 amide bonds. The Hall–Kier alpha value is -0.950. The lowest BCUT2D eigenvalue weighted by molar-refractivity contribution is -0.0528. The fraction of sp³-hybridized carbons (Fsp3) is 0.667. The molecular weight excluding hydrogens is 200 g/mol. The van der Waals surface area contributed by atoms with Crippen LogP contribution in [0.2, 0.25) is 0 Å². The molecular formula is C9H14N2O4. The van der Waals surface area contributed by atoms with Gasteiger partial charge in [-0.3, -0.25) is 0 Å². The molecule has 3 N–H and O–H groups in total. The van der Waals surface area contributed by atoms with Crippen molar-refractivity contribution in [3.05, 3.63) is 18.2 Å². The van der Waals surface area contributed by atoms with E-state index in [0.29, 0.717) is 0 Å². The highest BCUT2D eigenvalue weighted by Gasteiger charge is 2.43. The molecule has 1 aliphatic rings. The van der Waals surface area contributed by atoms with E-state index in [1.165, 1.54) is 6.33 Å². The third-order valence-electron chi connectivity index (χ3n) is 2.54. The lowest BCUT2D eigenvalue weighted by Gasteiger charge is -2.15. The van der Waals surface area contributed by atoms with Crippen LogP contribution < -0.4 is 0 Å². The summed E-state index contributed by atoms with van der Waals surface area (Å²) < 4.78 is 6.89. The molecule has 6 heteroatoms. The summed E-state index contributed by atoms with van der Waals surface area (Å²) in [5.74, 6) is 0. The predicted molar refractivity (Wildman–Crippen MR) is 50.0 cm³/mol. The van der Waals surface area contributed by atoms with Gasteiger partial charge in [0.1, 0.15) is 18.3 Å². The quantitative estimate of drug-likeness (QED) is 0.575. The van der Waals surface area contributed by atoms with Gasteiger partial charge in [0.2, 0.25) is 0 Å². The summed E-state index contributed by atoms with van der Waals surface area (Å²) in [5.41, 5.74) is 0.799. The van der Waals surface area contributed by atoms with Gasteiger partial charge in [-0.2, -0.15) is 0 Å². The van der Waals surface area contributed by atoms with Gasteiger partial charge >= 0.3 is 0 Å². The number of ether oxygens (including phenoxy) is 1. The van der Waals surface area contributed by atoms with Crippen molar-refractivity contribution in [1.82, 2.24) is 9.55 Å². The van der Waals surface area contributed by atoms with E-state index in [0.717, 1.165) is 5.69 Å². The second-order valence-corrected chi connectivity index (χ2v) is 3.69. The highest BCUT2D eigenvalue weighted by Crippen LogP contribution is 2.28. The van der Waals surface area contributed by atoms with E-state index in [9.17, 15) is 10.2 Å². The standard InChI is InChI=1S/C9H14N2O4/c1-5-2-11(4-10-5)9-8(14)7(13)6(3-12)15-9/h2,4,6-9,12-14H,3H2,1H3. The zero-order valence-corrected chi connectivity index (χ0v) is 8.32. The first-order valence-electron chi connectivity index (χ1n) is 4.76. The van der Waals surface area contributed by atoms with E-state index in [2.05, 4.69) is 4.98 Å². The average Bonchev–Trinajstić information content (AvgIpc) is 2.74. The third kappa shape index (κ3) is 1.76. The van der Waals surface area contributed by atoms with Crippen LogP contribution in [0.15, 0.2) is 12.5 Å². The molecule has 15 heavy (non-hydrogen) atoms. The average molecular weight is 214 g/mol. The minimum absolute atomic E-state index is 0.317. The minimum atomic E-state index is -1.07. The second-order valence-electron chi connectivity index (χ2n) is 3.69. The van der Waals surface area contributed by atoms with E-state index < -0.39 is 24.5 Å². The van der Waals surface area contributed by atoms with Crippen LogP contribution in [0.5, 0.6) is 0 Å². The van der Waals surface area contributed by atoms with E-state index >= 15 is 0 Å². The number of imidazole rings is 1. The lowest BCUT2D eigenvalue weighted by atomic mass is 10.1. The summed E-state index contributed by atoms with van der Waals surface area (Å²) in [6.07, 6.45) is -0.305. The summed E-state index contributed by atoms with van der Waals surface area (Å²) >= 11 is 0. The number of aliphatic hydroxyl groups excluding tert-OH is 3. The molecule has 4 atom stereocenters. The summed E-state index contributed by atoms with van der Waals surface area (Å²) in [4.78, 5) is 4.00. The molecule has 1 fully saturated rings. The molecule has 0 aliphatic carbocycles. The maximum atomic E-state index is 9.69. The van der Waals surface area contributed by atoms with Crippen molar-refractivity contribution >= 4 is 0 Å². The van der Waals surface area contributed by atoms with Gasteiger partial charge in [0.15, 0.2) is 6.23 Å². The Morgan fingerprint density at radius 2 is 2.20 bits per heavy atom. The number of aromatic nitrogens is 2. The van der Waals surface area contributed by atoms with Crippen molar-refractivity contribution in [1.29, 1.82) is 0 Å². The Labute approximate surface area is 86.8 Å². The summed E-state index contributed by atoms with van der Waals surface area (Å²) in [7, 11) is 0. The molecule has 1 aromatic rings. The molecule has 0 spiro atoms. The smallest absolute Gasteiger partial charge is 0.164 e. The van der Waals surface area contributed by atoms with Crippen molar-refractivity contribution in [2.24, 2.45) is 0 Å². The van der Waals surface area contributed by atoms with Crippen LogP contribution in [-0.4, -0.2) is 49.8 Å². The molecule has 0 radical (unpaired) electrons. The van der Waals surface area contributed by atoms with Crippen LogP contribution in [0.1, 0.15) is 11.9 Å². The molecule has 84 valence electrons. The van der Waals surface area contributed by atoms with Gasteiger partial charge in [0, 0.05) is 6.20 Å². The Bertz CT molecular complexity index is 341. The van der Waals surface area contributed by atoms with Crippen LogP contribution in [0.25, 0.3) is 0 Å². The molecule has 0 saturated carbocycles. The Morgan fingerprint density at radius 3 is 2.67 bits per heavy atom. The number of hydrogen-bond acceptors (Lipinski definition) is 5. The van der Waals surface area contributed by atoms with Crippen molar-refractivity contribution in [2.45, 2.75) is 31.5 Å². The van der Waals surface area contributed by atoms with E-state index in [1.54, 1.807) is 10.8 Å². The number of rotatable bonds is 2. The van der Waals surface area contributed by atoms with Gasteiger partial charge < -0.3 is 24.6 Å². The lowest BCUT2D eigenvalue weighted by Crippen LogP contribution is -2.33. The number of aliphatic hydroxyl groups is 3. The van der Waals surface area contributed by atoms with E-state index in [-0.39, 0.29) is 6.61 Å². The first kappa shape index (κ1) is 10.6. The van der Waals surface area contributed by atoms with E-state index in [1.807, 2.05) is 6.92 Å². The van der Waals surface area contributed by atoms with Gasteiger partial charge in [0.05, 0.1) is 18.6 Å². The summed E-state index contributed by atoms with van der Waals surface area (Å²) in [5, 5.41) is 28.1. The minimum Gasteiger partial charge on any atom is -0.394 e. The molecule has 6 nitrogen and oxygen atoms in total. The molecule has 2 rings (SSSR count). The summed E-state index contributed by atoms with van der Waals surface area (Å²) in [6, 6.07) is 0. The van der Waals surface area contributed by atoms with Crippen LogP contribution in [-0.2, 0) is 4.74 Å². The zero-order valence-electron chi connectivity index (χ0n) is 8.32. The SMILES string of the molecule is Cc1cn(C2OC(CO)C(O)C2O)cn1. The number of aryl methyl sites for hydroxylation is 1. The zero-order chi connectivity index (χ0) is 11.0. The predicted octanol–water partition coefficient (Wildman–Crippen LogP) is -1.20. The Balaban J connectivity index is 2.18. The monoisotopic (exact) mass is 214 g/mol. The first-order valence-corrected chi connectivity index (χ1v) is 4.76. The van der Waals surface area contributed by atoms with Crippen LogP contribution in [0.3, 0.4) is 0 Å². The van der Waals surface area contributed by atoms with Crippen molar-refractivity contribution in [3.63, 3.8) is 0 Å². The first-order chi connectivity index (χ1) is 7.13. The van der Waals surface area contributed by atoms with Gasteiger partial charge in [-0.15, -0.1) is 0 Å². The van der Waals surface area contributed by atoms with Gasteiger partial charge in [-0.05, 0) is 6.92 Å². The normalized spacial score (nSPS) is 36.0. The highest BCUT2D eigenvalue weighted by molar-refractivity contribution is 4.97. The third-order valence-corrected chi connectivity index (χ3v) is 2.54. The van der Waals surface area contributed by atoms with Crippen molar-refractivity contribution < 1.29 is 20.1 Å². The topological polar surface area (TPSA) is 87.7 Å². The summed E-state index contributed by atoms with van der Waals surface area (Å²) in [6.45, 7) is 1.50. The largest absolute Gasteiger partial charge is 0.394 e. The molecule has 2 heterocycles. The molecule has 0 bridgehead atoms. The molecule has 4 unspecified atom stereocenters. The van der Waals surface area contributed by atoms with Gasteiger partial charge in [-0.1, -0.05) is 0 Å². The van der Waals surface area contributed by atoms with Gasteiger partial charge in [-0.25, -0.2) is 4.98 Å². The second kappa shape index (κ2) is 3.90. The fourth-order valence-electron chi connectivity index (χ4n) is 1.71. The number of hydrogen-bond donors (Lipinski definition) is 3. The van der Waals surface area contributed by atoms with Crippen LogP contribution >= 0.6 is 0 Å². The van der Waals surface area contributed by atoms with Gasteiger partial charge in [0.25, 0.3) is 0 Å². The Morgan fingerprint density at radius 1 is 1.47 bits per heavy atom. The van der Waals surface area contributed by atoms with Crippen molar-refractivity contribution in [2.75, 3.05) is 6.61 Å². The molecule has 1 aliphatic heterocycles.